The van der Waals surface area contributed by atoms with Gasteiger partial charge in [-0.15, -0.1) is 5.10 Å². The van der Waals surface area contributed by atoms with Crippen molar-refractivity contribution < 1.29 is 4.79 Å². The molecule has 1 fully saturated rings. The number of anilines is 1. The molecule has 0 unspecified atom stereocenters. The van der Waals surface area contributed by atoms with Crippen LogP contribution in [0.1, 0.15) is 30.7 Å². The van der Waals surface area contributed by atoms with E-state index in [-0.39, 0.29) is 5.91 Å². The van der Waals surface area contributed by atoms with Crippen molar-refractivity contribution in [3.05, 3.63) is 16.8 Å². The third kappa shape index (κ3) is 1.99. The summed E-state index contributed by atoms with van der Waals surface area (Å²) in [6.45, 7) is 8.64. The van der Waals surface area contributed by atoms with Gasteiger partial charge in [-0.2, -0.15) is 10.4 Å². The van der Waals surface area contributed by atoms with Crippen molar-refractivity contribution in [2.75, 3.05) is 25.0 Å². The van der Waals surface area contributed by atoms with E-state index >= 15 is 0 Å². The highest BCUT2D eigenvalue weighted by Gasteiger charge is 2.42. The first kappa shape index (κ1) is 14.3. The van der Waals surface area contributed by atoms with Gasteiger partial charge < -0.3 is 9.80 Å². The fourth-order valence-electron chi connectivity index (χ4n) is 2.50. The molecular formula is C14H19N5O. The van der Waals surface area contributed by atoms with Crippen molar-refractivity contribution in [3.8, 4) is 6.07 Å². The number of piperazine rings is 1. The number of hydrogen-bond donors (Lipinski definition) is 0. The predicted octanol–water partition coefficient (Wildman–Crippen LogP) is 1.02. The molecule has 1 aromatic heterocycles. The lowest BCUT2D eigenvalue weighted by molar-refractivity contribution is -0.136. The molecule has 0 N–H and O–H groups in total. The quantitative estimate of drug-likeness (QED) is 0.764. The second-order valence-corrected chi connectivity index (χ2v) is 5.66. The van der Waals surface area contributed by atoms with Crippen molar-refractivity contribution >= 4 is 11.7 Å². The Balaban J connectivity index is 2.55. The van der Waals surface area contributed by atoms with Gasteiger partial charge in [-0.25, -0.2) is 0 Å². The lowest BCUT2D eigenvalue weighted by Crippen LogP contribution is -2.62. The lowest BCUT2D eigenvalue weighted by Gasteiger charge is -2.45. The molecule has 20 heavy (non-hydrogen) atoms. The zero-order chi connectivity index (χ0) is 15.1. The van der Waals surface area contributed by atoms with E-state index in [0.29, 0.717) is 24.5 Å². The second kappa shape index (κ2) is 4.75. The van der Waals surface area contributed by atoms with Gasteiger partial charge in [0.1, 0.15) is 17.2 Å². The van der Waals surface area contributed by atoms with Gasteiger partial charge in [0, 0.05) is 20.1 Å². The van der Waals surface area contributed by atoms with Crippen molar-refractivity contribution in [2.24, 2.45) is 0 Å². The Bertz CT molecular complexity index is 602. The highest BCUT2D eigenvalue weighted by Crippen LogP contribution is 2.30. The number of nitriles is 1. The molecule has 1 amide bonds. The molecule has 0 aromatic carbocycles. The second-order valence-electron chi connectivity index (χ2n) is 5.66. The SMILES string of the molecule is Cc1nnc(N2CCN(C)C(=O)C2(C)C)c(C#N)c1C. The Kier molecular flexibility index (Phi) is 3.38. The maximum absolute atomic E-state index is 12.3. The number of amides is 1. The lowest BCUT2D eigenvalue weighted by atomic mass is 9.96. The summed E-state index contributed by atoms with van der Waals surface area (Å²) >= 11 is 0. The Morgan fingerprint density at radius 1 is 1.25 bits per heavy atom. The van der Waals surface area contributed by atoms with Crippen LogP contribution in [0.5, 0.6) is 0 Å². The van der Waals surface area contributed by atoms with Gasteiger partial charge in [0.25, 0.3) is 0 Å². The smallest absolute Gasteiger partial charge is 0.247 e. The van der Waals surface area contributed by atoms with Crippen LogP contribution in [0, 0.1) is 25.2 Å². The molecule has 6 nitrogen and oxygen atoms in total. The van der Waals surface area contributed by atoms with Gasteiger partial charge in [0.15, 0.2) is 5.82 Å². The van der Waals surface area contributed by atoms with E-state index in [1.807, 2.05) is 32.6 Å². The first-order chi connectivity index (χ1) is 9.30. The molecule has 0 bridgehead atoms. The minimum atomic E-state index is -0.727. The van der Waals surface area contributed by atoms with Crippen LogP contribution in [0.4, 0.5) is 5.82 Å². The topological polar surface area (TPSA) is 73.1 Å². The average molecular weight is 273 g/mol. The first-order valence-electron chi connectivity index (χ1n) is 6.58. The molecule has 2 heterocycles. The van der Waals surface area contributed by atoms with Crippen LogP contribution in [-0.2, 0) is 4.79 Å². The summed E-state index contributed by atoms with van der Waals surface area (Å²) in [4.78, 5) is 15.9. The fraction of sp³-hybridized carbons (Fsp3) is 0.571. The van der Waals surface area contributed by atoms with Crippen LogP contribution in [0.15, 0.2) is 0 Å². The van der Waals surface area contributed by atoms with Gasteiger partial charge in [0.2, 0.25) is 5.91 Å². The predicted molar refractivity (Wildman–Crippen MR) is 75.3 cm³/mol. The summed E-state index contributed by atoms with van der Waals surface area (Å²) in [6, 6.07) is 2.20. The number of nitrogens with zero attached hydrogens (tertiary/aromatic N) is 5. The summed E-state index contributed by atoms with van der Waals surface area (Å²) in [7, 11) is 1.79. The highest BCUT2D eigenvalue weighted by atomic mass is 16.2. The Labute approximate surface area is 119 Å². The number of hydrogen-bond acceptors (Lipinski definition) is 5. The van der Waals surface area contributed by atoms with Crippen molar-refractivity contribution in [2.45, 2.75) is 33.2 Å². The molecule has 1 saturated heterocycles. The standard InChI is InChI=1S/C14H19N5O/c1-9-10(2)16-17-12(11(9)8-15)19-7-6-18(5)13(20)14(19,3)4/h6-7H2,1-5H3. The summed E-state index contributed by atoms with van der Waals surface area (Å²) in [6.07, 6.45) is 0. The van der Waals surface area contributed by atoms with Crippen LogP contribution in [0.25, 0.3) is 0 Å². The highest BCUT2D eigenvalue weighted by molar-refractivity contribution is 5.90. The molecule has 1 aromatic rings. The molecule has 2 rings (SSSR count). The molecule has 0 saturated carbocycles. The van der Waals surface area contributed by atoms with Crippen LogP contribution in [0.3, 0.4) is 0 Å². The average Bonchev–Trinajstić information content (AvgIpc) is 2.40. The number of likely N-dealkylation sites (N-methyl/N-ethyl adjacent to an activating group) is 1. The third-order valence-corrected chi connectivity index (χ3v) is 4.01. The van der Waals surface area contributed by atoms with Gasteiger partial charge in [-0.1, -0.05) is 0 Å². The van der Waals surface area contributed by atoms with Crippen LogP contribution >= 0.6 is 0 Å². The largest absolute Gasteiger partial charge is 0.342 e. The van der Waals surface area contributed by atoms with Crippen molar-refractivity contribution in [1.29, 1.82) is 5.26 Å². The number of rotatable bonds is 1. The Morgan fingerprint density at radius 2 is 1.90 bits per heavy atom. The van der Waals surface area contributed by atoms with E-state index in [4.69, 9.17) is 0 Å². The Hall–Kier alpha value is -2.16. The van der Waals surface area contributed by atoms with Crippen LogP contribution in [0.2, 0.25) is 0 Å². The zero-order valence-corrected chi connectivity index (χ0v) is 12.6. The fourth-order valence-corrected chi connectivity index (χ4v) is 2.50. The molecule has 0 atom stereocenters. The van der Waals surface area contributed by atoms with Gasteiger partial charge in [0.05, 0.1) is 5.69 Å². The molecule has 0 spiro atoms. The van der Waals surface area contributed by atoms with E-state index in [9.17, 15) is 10.1 Å². The van der Waals surface area contributed by atoms with Gasteiger partial charge in [-0.05, 0) is 33.3 Å². The monoisotopic (exact) mass is 273 g/mol. The molecule has 1 aliphatic rings. The van der Waals surface area contributed by atoms with Gasteiger partial charge >= 0.3 is 0 Å². The summed E-state index contributed by atoms with van der Waals surface area (Å²) in [5.41, 5.74) is 1.33. The number of carbonyl (C=O) groups is 1. The van der Waals surface area contributed by atoms with E-state index in [2.05, 4.69) is 16.3 Å². The molecule has 0 aliphatic carbocycles. The number of aryl methyl sites for hydroxylation is 1. The maximum Gasteiger partial charge on any atom is 0.247 e. The van der Waals surface area contributed by atoms with Crippen LogP contribution in [-0.4, -0.2) is 46.7 Å². The van der Waals surface area contributed by atoms with Crippen LogP contribution < -0.4 is 4.90 Å². The number of carbonyl (C=O) groups excluding carboxylic acids is 1. The molecular weight excluding hydrogens is 254 g/mol. The normalized spacial score (nSPS) is 18.1. The number of aromatic nitrogens is 2. The molecule has 6 heteroatoms. The molecule has 0 radical (unpaired) electrons. The van der Waals surface area contributed by atoms with E-state index in [0.717, 1.165) is 11.3 Å². The van der Waals surface area contributed by atoms with Crippen molar-refractivity contribution in [3.63, 3.8) is 0 Å². The van der Waals surface area contributed by atoms with Crippen molar-refractivity contribution in [1.82, 2.24) is 15.1 Å². The van der Waals surface area contributed by atoms with Gasteiger partial charge in [-0.3, -0.25) is 4.79 Å². The molecule has 106 valence electrons. The summed E-state index contributed by atoms with van der Waals surface area (Å²) < 4.78 is 0. The third-order valence-electron chi connectivity index (χ3n) is 4.01. The minimum absolute atomic E-state index is 0.0210. The summed E-state index contributed by atoms with van der Waals surface area (Å²) in [5.74, 6) is 0.523. The minimum Gasteiger partial charge on any atom is -0.342 e. The van der Waals surface area contributed by atoms with E-state index in [1.54, 1.807) is 11.9 Å². The first-order valence-corrected chi connectivity index (χ1v) is 6.58. The maximum atomic E-state index is 12.3. The van der Waals surface area contributed by atoms with E-state index < -0.39 is 5.54 Å². The molecule has 1 aliphatic heterocycles. The Morgan fingerprint density at radius 3 is 2.50 bits per heavy atom. The summed E-state index contributed by atoms with van der Waals surface area (Å²) in [5, 5.41) is 17.7. The van der Waals surface area contributed by atoms with E-state index in [1.165, 1.54) is 0 Å². The zero-order valence-electron chi connectivity index (χ0n) is 12.6.